The predicted octanol–water partition coefficient (Wildman–Crippen LogP) is 6.78. The lowest BCUT2D eigenvalue weighted by Crippen LogP contribution is -2.66. The number of ether oxygens (including phenoxy) is 8. The number of hydrogen-bond donors (Lipinski definition) is 10. The van der Waals surface area contributed by atoms with E-state index in [1.54, 1.807) is 0 Å². The van der Waals surface area contributed by atoms with Gasteiger partial charge in [0, 0.05) is 13.2 Å². The maximum atomic E-state index is 11.5. The van der Waals surface area contributed by atoms with Crippen LogP contribution in [0.2, 0.25) is 0 Å². The normalized spacial score (nSPS) is 32.5. The van der Waals surface area contributed by atoms with Crippen LogP contribution < -0.4 is 0 Å². The van der Waals surface area contributed by atoms with E-state index in [1.165, 1.54) is 103 Å². The minimum Gasteiger partial charge on any atom is -0.394 e. The molecule has 3 rings (SSSR count). The highest BCUT2D eigenvalue weighted by Crippen LogP contribution is 2.34. The molecule has 3 saturated heterocycles. The van der Waals surface area contributed by atoms with E-state index in [1.807, 2.05) is 0 Å². The van der Waals surface area contributed by atoms with E-state index in [0.717, 1.165) is 49.4 Å². The van der Waals surface area contributed by atoms with Gasteiger partial charge in [0.15, 0.2) is 18.9 Å². The molecule has 0 radical (unpaired) electrons. The third kappa shape index (κ3) is 27.0. The fourth-order valence-corrected chi connectivity index (χ4v) is 11.3. The lowest BCUT2D eigenvalue weighted by Gasteiger charge is -2.48. The summed E-state index contributed by atoms with van der Waals surface area (Å²) in [6.07, 6.45) is -1.21. The summed E-state index contributed by atoms with van der Waals surface area (Å²) < 4.78 is 47.4. The molecule has 3 aliphatic heterocycles. The molecule has 0 saturated carbocycles. The Labute approximate surface area is 476 Å². The van der Waals surface area contributed by atoms with Crippen LogP contribution in [0.25, 0.3) is 0 Å². The largest absolute Gasteiger partial charge is 0.394 e. The Balaban J connectivity index is 1.55. The van der Waals surface area contributed by atoms with Crippen LogP contribution in [0.3, 0.4) is 0 Å². The molecule has 0 aromatic carbocycles. The van der Waals surface area contributed by atoms with Gasteiger partial charge in [-0.25, -0.2) is 0 Å². The molecule has 6 unspecified atom stereocenters. The number of aliphatic hydroxyl groups excluding tert-OH is 10. The van der Waals surface area contributed by atoms with Gasteiger partial charge in [0.05, 0.1) is 33.0 Å². The van der Waals surface area contributed by atoms with Crippen molar-refractivity contribution in [2.75, 3.05) is 46.2 Å². The molecule has 18 heteroatoms. The SMILES string of the molecule is CC(C)CCCC(C)CCCC(C)CCCC(C)CCOCC(COCCC(C)CCCC(C)CCCC(C)CCCC(C)C)O[C@H]1O[C@H](CO)[C@@H](O[C@H]2O[C@H](CO)[C@@H](O[C@H]3O[C@H](CO)[C@@H](O)[C@H](O)[C@H]3O)[C@H](O)[C@H]2O)[C@H](O)[C@H]1O. The zero-order chi connectivity index (χ0) is 58.6. The van der Waals surface area contributed by atoms with Gasteiger partial charge in [0.2, 0.25) is 0 Å². The summed E-state index contributed by atoms with van der Waals surface area (Å²) in [5.74, 6) is 5.49. The van der Waals surface area contributed by atoms with Crippen molar-refractivity contribution in [1.29, 1.82) is 0 Å². The first kappa shape index (κ1) is 72.5. The molecule has 79 heavy (non-hydrogen) atoms. The first-order chi connectivity index (χ1) is 37.6. The molecule has 0 aromatic rings. The summed E-state index contributed by atoms with van der Waals surface area (Å²) in [6, 6.07) is 0. The van der Waals surface area contributed by atoms with E-state index < -0.39 is 118 Å². The van der Waals surface area contributed by atoms with Crippen molar-refractivity contribution < 1.29 is 89.0 Å². The molecule has 10 N–H and O–H groups in total. The highest BCUT2D eigenvalue weighted by Gasteiger charge is 2.54. The summed E-state index contributed by atoms with van der Waals surface area (Å²) in [6.45, 7) is 22.2. The molecule has 0 amide bonds. The van der Waals surface area contributed by atoms with Crippen molar-refractivity contribution in [3.63, 3.8) is 0 Å². The van der Waals surface area contributed by atoms with Crippen LogP contribution in [0.1, 0.15) is 198 Å². The average molecular weight is 1140 g/mol. The topological polar surface area (TPSA) is 276 Å². The molecule has 3 fully saturated rings. The Bertz CT molecular complexity index is 1440. The van der Waals surface area contributed by atoms with Crippen molar-refractivity contribution in [2.45, 2.75) is 296 Å². The molecular formula is C61H118O18. The van der Waals surface area contributed by atoms with E-state index in [0.29, 0.717) is 36.9 Å². The molecule has 3 heterocycles. The van der Waals surface area contributed by atoms with Gasteiger partial charge in [0.25, 0.3) is 0 Å². The van der Waals surface area contributed by atoms with E-state index in [-0.39, 0.29) is 13.2 Å². The highest BCUT2D eigenvalue weighted by molar-refractivity contribution is 4.96. The maximum absolute atomic E-state index is 11.5. The van der Waals surface area contributed by atoms with Crippen molar-refractivity contribution in [2.24, 2.45) is 47.3 Å². The quantitative estimate of drug-likeness (QED) is 0.0282. The molecular weight excluding hydrogens is 1020 g/mol. The van der Waals surface area contributed by atoms with E-state index in [2.05, 4.69) is 69.2 Å². The monoisotopic (exact) mass is 1140 g/mol. The summed E-state index contributed by atoms with van der Waals surface area (Å²) in [5, 5.41) is 107. The second-order valence-electron chi connectivity index (χ2n) is 25.8. The Hall–Kier alpha value is -0.720. The van der Waals surface area contributed by atoms with Crippen LogP contribution in [0, 0.1) is 47.3 Å². The van der Waals surface area contributed by atoms with Crippen molar-refractivity contribution >= 4 is 0 Å². The summed E-state index contributed by atoms with van der Waals surface area (Å²) in [7, 11) is 0. The van der Waals surface area contributed by atoms with Crippen LogP contribution in [-0.2, 0) is 37.9 Å². The van der Waals surface area contributed by atoms with Gasteiger partial charge in [-0.1, -0.05) is 185 Å². The van der Waals surface area contributed by atoms with Crippen LogP contribution in [0.5, 0.6) is 0 Å². The van der Waals surface area contributed by atoms with Crippen LogP contribution in [-0.4, -0.2) is 196 Å². The Morgan fingerprint density at radius 3 is 0.962 bits per heavy atom. The van der Waals surface area contributed by atoms with Crippen LogP contribution in [0.4, 0.5) is 0 Å². The van der Waals surface area contributed by atoms with Crippen LogP contribution >= 0.6 is 0 Å². The first-order valence-corrected chi connectivity index (χ1v) is 31.3. The second-order valence-corrected chi connectivity index (χ2v) is 25.8. The third-order valence-corrected chi connectivity index (χ3v) is 17.0. The third-order valence-electron chi connectivity index (χ3n) is 17.0. The Morgan fingerprint density at radius 1 is 0.329 bits per heavy atom. The van der Waals surface area contributed by atoms with E-state index in [4.69, 9.17) is 37.9 Å². The van der Waals surface area contributed by atoms with Crippen molar-refractivity contribution in [3.05, 3.63) is 0 Å². The maximum Gasteiger partial charge on any atom is 0.187 e. The number of rotatable bonds is 43. The van der Waals surface area contributed by atoms with Gasteiger partial charge in [-0.3, -0.25) is 0 Å². The molecule has 0 spiro atoms. The molecule has 470 valence electrons. The zero-order valence-electron chi connectivity index (χ0n) is 50.7. The molecule has 21 atom stereocenters. The van der Waals surface area contributed by atoms with Gasteiger partial charge in [-0.15, -0.1) is 0 Å². The predicted molar refractivity (Wildman–Crippen MR) is 303 cm³/mol. The number of aliphatic hydroxyl groups is 10. The molecule has 0 aliphatic carbocycles. The zero-order valence-corrected chi connectivity index (χ0v) is 50.7. The summed E-state index contributed by atoms with van der Waals surface area (Å²) in [4.78, 5) is 0. The van der Waals surface area contributed by atoms with E-state index >= 15 is 0 Å². The highest BCUT2D eigenvalue weighted by atomic mass is 16.8. The van der Waals surface area contributed by atoms with Gasteiger partial charge >= 0.3 is 0 Å². The first-order valence-electron chi connectivity index (χ1n) is 31.3. The average Bonchev–Trinajstić information content (AvgIpc) is 3.44. The summed E-state index contributed by atoms with van der Waals surface area (Å²) in [5.41, 5.74) is 0. The lowest BCUT2D eigenvalue weighted by molar-refractivity contribution is -0.381. The lowest BCUT2D eigenvalue weighted by atomic mass is 9.91. The van der Waals surface area contributed by atoms with Crippen molar-refractivity contribution in [3.8, 4) is 0 Å². The molecule has 3 aliphatic rings. The standard InChI is InChI=1S/C61H118O18/c1-38(2)17-11-19-40(5)21-13-23-42(7)25-15-27-44(9)29-31-72-36-46(37-73-32-30-45(10)28-16-26-43(8)24-14-22-41(6)20-12-18-39(3)4)74-59-55(70)52(67)57(48(34-63)76-59)79-61-56(71)53(68)58(49(35-64)77-61)78-60-54(69)51(66)50(65)47(33-62)75-60/h38-71H,11-37H2,1-10H3/t40?,41?,42?,43?,44?,45?,46?,47-,48-,49-,50-,51+,52-,53-,54-,55-,56-,57-,58-,59+,60-,61-/m1/s1. The number of hydrogen-bond acceptors (Lipinski definition) is 18. The van der Waals surface area contributed by atoms with E-state index in [9.17, 15) is 51.1 Å². The van der Waals surface area contributed by atoms with Gasteiger partial charge in [-0.05, 0) is 60.2 Å². The molecule has 18 nitrogen and oxygen atoms in total. The van der Waals surface area contributed by atoms with Gasteiger partial charge < -0.3 is 89.0 Å². The van der Waals surface area contributed by atoms with Crippen LogP contribution in [0.15, 0.2) is 0 Å². The Morgan fingerprint density at radius 2 is 0.620 bits per heavy atom. The summed E-state index contributed by atoms with van der Waals surface area (Å²) >= 11 is 0. The van der Waals surface area contributed by atoms with Gasteiger partial charge in [-0.2, -0.15) is 0 Å². The second kappa shape index (κ2) is 39.8. The van der Waals surface area contributed by atoms with Gasteiger partial charge in [0.1, 0.15) is 79.4 Å². The minimum absolute atomic E-state index is 0.116. The Kier molecular flexibility index (Phi) is 36.6. The minimum atomic E-state index is -1.94. The smallest absolute Gasteiger partial charge is 0.187 e. The van der Waals surface area contributed by atoms with Crippen molar-refractivity contribution in [1.82, 2.24) is 0 Å². The molecule has 0 aromatic heterocycles. The fraction of sp³-hybridized carbons (Fsp3) is 1.00. The fourth-order valence-electron chi connectivity index (χ4n) is 11.3. The molecule has 0 bridgehead atoms.